The first kappa shape index (κ1) is 20.3. The van der Waals surface area contributed by atoms with Crippen LogP contribution < -0.4 is 14.8 Å². The number of nitrogens with two attached hydrogens (primary N) is 1. The molecule has 2 aromatic carbocycles. The second-order valence-electron chi connectivity index (χ2n) is 6.56. The second kappa shape index (κ2) is 7.91. The molecular formula is C21H20N4O3S. The number of nitriles is 1. The Kier molecular flexibility index (Phi) is 5.55. The molecule has 1 aromatic heterocycles. The molecule has 0 unspecified atom stereocenters. The van der Waals surface area contributed by atoms with E-state index in [1.165, 1.54) is 19.2 Å². The number of benzene rings is 2. The van der Waals surface area contributed by atoms with Crippen molar-refractivity contribution >= 4 is 15.7 Å². The fourth-order valence-electron chi connectivity index (χ4n) is 2.91. The molecule has 0 aliphatic rings. The van der Waals surface area contributed by atoms with Gasteiger partial charge < -0.3 is 9.64 Å². The Hall–Kier alpha value is -3.41. The molecule has 29 heavy (non-hydrogen) atoms. The molecule has 1 heterocycles. The molecule has 0 atom stereocenters. The topological polar surface area (TPSA) is 109 Å². The Morgan fingerprint density at radius 1 is 1.03 bits per heavy atom. The number of hydrogen-bond acceptors (Lipinski definition) is 6. The molecule has 0 radical (unpaired) electrons. The van der Waals surface area contributed by atoms with Crippen LogP contribution in [0, 0.1) is 11.3 Å². The molecule has 0 spiro atoms. The van der Waals surface area contributed by atoms with Crippen LogP contribution in [0.3, 0.4) is 0 Å². The summed E-state index contributed by atoms with van der Waals surface area (Å²) in [6, 6.07) is 17.7. The molecule has 3 rings (SSSR count). The van der Waals surface area contributed by atoms with E-state index in [1.54, 1.807) is 18.2 Å². The van der Waals surface area contributed by atoms with Crippen molar-refractivity contribution < 1.29 is 13.2 Å². The summed E-state index contributed by atoms with van der Waals surface area (Å²) in [5.41, 5.74) is 4.16. The third-order valence-corrected chi connectivity index (χ3v) is 5.38. The molecule has 0 aliphatic heterocycles. The quantitative estimate of drug-likeness (QED) is 0.695. The zero-order valence-corrected chi connectivity index (χ0v) is 17.1. The van der Waals surface area contributed by atoms with Crippen molar-refractivity contribution in [2.75, 3.05) is 26.1 Å². The minimum absolute atomic E-state index is 0.0140. The van der Waals surface area contributed by atoms with Crippen molar-refractivity contribution in [3.63, 3.8) is 0 Å². The maximum absolute atomic E-state index is 11.5. The standard InChI is InChI=1S/C21H20N4O3S/c1-25(2)17-8-4-15(5-9-17)20-19(12-16(13-22)21(24-20)28-3)14-6-10-18(11-7-14)29(23,26)27/h4-12H,1-3H3,(H2,23,26,27). The van der Waals surface area contributed by atoms with Gasteiger partial charge in [-0.2, -0.15) is 5.26 Å². The highest BCUT2D eigenvalue weighted by Crippen LogP contribution is 2.35. The van der Waals surface area contributed by atoms with E-state index in [1.807, 2.05) is 43.3 Å². The van der Waals surface area contributed by atoms with Gasteiger partial charge in [-0.25, -0.2) is 18.5 Å². The van der Waals surface area contributed by atoms with Gasteiger partial charge in [0.05, 0.1) is 17.7 Å². The lowest BCUT2D eigenvalue weighted by Crippen LogP contribution is -2.11. The second-order valence-corrected chi connectivity index (χ2v) is 8.13. The first-order chi connectivity index (χ1) is 13.7. The minimum atomic E-state index is -3.79. The van der Waals surface area contributed by atoms with Gasteiger partial charge >= 0.3 is 0 Å². The van der Waals surface area contributed by atoms with E-state index in [9.17, 15) is 13.7 Å². The maximum atomic E-state index is 11.5. The van der Waals surface area contributed by atoms with Gasteiger partial charge in [-0.15, -0.1) is 0 Å². The summed E-state index contributed by atoms with van der Waals surface area (Å²) in [6.07, 6.45) is 0. The van der Waals surface area contributed by atoms with Gasteiger partial charge in [0.1, 0.15) is 11.6 Å². The Morgan fingerprint density at radius 2 is 1.62 bits per heavy atom. The van der Waals surface area contributed by atoms with Gasteiger partial charge in [0.15, 0.2) is 0 Å². The molecule has 0 bridgehead atoms. The molecule has 2 N–H and O–H groups in total. The number of rotatable bonds is 5. The van der Waals surface area contributed by atoms with Crippen LogP contribution in [0.4, 0.5) is 5.69 Å². The number of methoxy groups -OCH3 is 1. The van der Waals surface area contributed by atoms with Crippen molar-refractivity contribution in [1.29, 1.82) is 5.26 Å². The van der Waals surface area contributed by atoms with Gasteiger partial charge in [-0.05, 0) is 35.9 Å². The van der Waals surface area contributed by atoms with Crippen LogP contribution in [-0.4, -0.2) is 34.6 Å². The molecule has 8 heteroatoms. The van der Waals surface area contributed by atoms with Crippen LogP contribution in [0.25, 0.3) is 22.4 Å². The van der Waals surface area contributed by atoms with Gasteiger partial charge in [-0.1, -0.05) is 24.3 Å². The molecule has 0 aliphatic carbocycles. The summed E-state index contributed by atoms with van der Waals surface area (Å²) in [7, 11) is 1.58. The van der Waals surface area contributed by atoms with E-state index >= 15 is 0 Å². The Balaban J connectivity index is 2.21. The molecule has 0 saturated carbocycles. The van der Waals surface area contributed by atoms with Crippen molar-refractivity contribution in [3.8, 4) is 34.3 Å². The number of anilines is 1. The number of hydrogen-bond donors (Lipinski definition) is 1. The fraction of sp³-hybridized carbons (Fsp3) is 0.143. The summed E-state index contributed by atoms with van der Waals surface area (Å²) in [6.45, 7) is 0. The van der Waals surface area contributed by atoms with Crippen LogP contribution in [0.2, 0.25) is 0 Å². The van der Waals surface area contributed by atoms with Crippen LogP contribution in [0.1, 0.15) is 5.56 Å². The van der Waals surface area contributed by atoms with Gasteiger partial charge in [0.2, 0.25) is 15.9 Å². The van der Waals surface area contributed by atoms with E-state index in [4.69, 9.17) is 9.88 Å². The monoisotopic (exact) mass is 408 g/mol. The van der Waals surface area contributed by atoms with E-state index in [0.717, 1.165) is 11.3 Å². The first-order valence-corrected chi connectivity index (χ1v) is 10.2. The van der Waals surface area contributed by atoms with Crippen molar-refractivity contribution in [2.45, 2.75) is 4.90 Å². The third kappa shape index (κ3) is 4.21. The highest BCUT2D eigenvalue weighted by Gasteiger charge is 2.17. The molecule has 0 amide bonds. The molecule has 7 nitrogen and oxygen atoms in total. The van der Waals surface area contributed by atoms with Gasteiger partial charge in [-0.3, -0.25) is 0 Å². The largest absolute Gasteiger partial charge is 0.480 e. The normalized spacial score (nSPS) is 11.0. The Bertz CT molecular complexity index is 1180. The van der Waals surface area contributed by atoms with Gasteiger partial charge in [0, 0.05) is 30.9 Å². The molecule has 3 aromatic rings. The number of sulfonamides is 1. The molecule has 0 saturated heterocycles. The summed E-state index contributed by atoms with van der Waals surface area (Å²) in [4.78, 5) is 6.56. The van der Waals surface area contributed by atoms with Crippen LogP contribution in [0.5, 0.6) is 5.88 Å². The fourth-order valence-corrected chi connectivity index (χ4v) is 3.43. The van der Waals surface area contributed by atoms with E-state index in [2.05, 4.69) is 11.1 Å². The summed E-state index contributed by atoms with van der Waals surface area (Å²) < 4.78 is 28.4. The average Bonchev–Trinajstić information content (AvgIpc) is 2.72. The lowest BCUT2D eigenvalue weighted by Gasteiger charge is -2.15. The molecular weight excluding hydrogens is 388 g/mol. The minimum Gasteiger partial charge on any atom is -0.480 e. The van der Waals surface area contributed by atoms with Crippen LogP contribution in [-0.2, 0) is 10.0 Å². The lowest BCUT2D eigenvalue weighted by molar-refractivity contribution is 0.397. The van der Waals surface area contributed by atoms with Crippen molar-refractivity contribution in [3.05, 3.63) is 60.2 Å². The SMILES string of the molecule is COc1nc(-c2ccc(N(C)C)cc2)c(-c2ccc(S(N)(=O)=O)cc2)cc1C#N. The summed E-state index contributed by atoms with van der Waals surface area (Å²) in [5.74, 6) is 0.226. The average molecular weight is 408 g/mol. The Morgan fingerprint density at radius 3 is 2.10 bits per heavy atom. The zero-order valence-electron chi connectivity index (χ0n) is 16.2. The number of aromatic nitrogens is 1. The van der Waals surface area contributed by atoms with Crippen molar-refractivity contribution in [1.82, 2.24) is 4.98 Å². The summed E-state index contributed by atoms with van der Waals surface area (Å²) >= 11 is 0. The Labute approximate surface area is 170 Å². The number of nitrogens with zero attached hydrogens (tertiary/aromatic N) is 3. The smallest absolute Gasteiger partial charge is 0.238 e. The zero-order chi connectivity index (χ0) is 21.2. The van der Waals surface area contributed by atoms with E-state index in [0.29, 0.717) is 16.8 Å². The predicted molar refractivity (Wildman–Crippen MR) is 112 cm³/mol. The predicted octanol–water partition coefficient (Wildman–Crippen LogP) is 3.01. The van der Waals surface area contributed by atoms with Crippen LogP contribution in [0.15, 0.2) is 59.5 Å². The highest BCUT2D eigenvalue weighted by atomic mass is 32.2. The van der Waals surface area contributed by atoms with Gasteiger partial charge in [0.25, 0.3) is 0 Å². The number of primary sulfonamides is 1. The highest BCUT2D eigenvalue weighted by molar-refractivity contribution is 7.89. The maximum Gasteiger partial charge on any atom is 0.238 e. The lowest BCUT2D eigenvalue weighted by atomic mass is 9.97. The van der Waals surface area contributed by atoms with E-state index < -0.39 is 10.0 Å². The number of ether oxygens (including phenoxy) is 1. The third-order valence-electron chi connectivity index (χ3n) is 4.45. The first-order valence-electron chi connectivity index (χ1n) is 8.64. The van der Waals surface area contributed by atoms with E-state index in [-0.39, 0.29) is 16.3 Å². The number of pyridine rings is 1. The summed E-state index contributed by atoms with van der Waals surface area (Å²) in [5, 5.41) is 14.6. The van der Waals surface area contributed by atoms with Crippen LogP contribution >= 0.6 is 0 Å². The molecule has 148 valence electrons. The van der Waals surface area contributed by atoms with Crippen molar-refractivity contribution in [2.24, 2.45) is 5.14 Å². The molecule has 0 fully saturated rings.